The fraction of sp³-hybridized carbons (Fsp3) is 0.333. The van der Waals surface area contributed by atoms with Crippen LogP contribution < -0.4 is 16.2 Å². The second-order valence-corrected chi connectivity index (χ2v) is 7.43. The van der Waals surface area contributed by atoms with Crippen LogP contribution in [0.4, 0.5) is 0 Å². The van der Waals surface area contributed by atoms with Crippen LogP contribution in [0.3, 0.4) is 0 Å². The average molecular weight is 469 g/mol. The number of carboxylic acid groups (broad SMARTS) is 1. The molecule has 0 amide bonds. The number of hydrogen-bond donors (Lipinski definition) is 5. The van der Waals surface area contributed by atoms with Crippen LogP contribution in [0.15, 0.2) is 51.7 Å². The molecule has 174 valence electrons. The summed E-state index contributed by atoms with van der Waals surface area (Å²) >= 11 is 6.22. The molecule has 0 saturated carbocycles. The summed E-state index contributed by atoms with van der Waals surface area (Å²) < 4.78 is 12.1. The minimum Gasteiger partial charge on any atom is -0.487 e. The first-order chi connectivity index (χ1) is 15.2. The first kappa shape index (κ1) is 25.4. The number of hydrogen-bond acceptors (Lipinski definition) is 8. The van der Waals surface area contributed by atoms with Gasteiger partial charge in [0.25, 0.3) is 0 Å². The molecule has 0 spiro atoms. The van der Waals surface area contributed by atoms with E-state index in [4.69, 9.17) is 46.9 Å². The van der Waals surface area contributed by atoms with E-state index in [2.05, 4.69) is 0 Å². The Balaban J connectivity index is 0.000000390. The minimum atomic E-state index is -1.21. The maximum absolute atomic E-state index is 11.9. The van der Waals surface area contributed by atoms with E-state index in [-0.39, 0.29) is 13.0 Å². The van der Waals surface area contributed by atoms with Crippen molar-refractivity contribution in [3.8, 4) is 5.75 Å². The van der Waals surface area contributed by atoms with E-state index < -0.39 is 37.1 Å². The van der Waals surface area contributed by atoms with Crippen LogP contribution in [0.2, 0.25) is 5.02 Å². The number of fused-ring (bicyclic) bond motifs is 1. The first-order valence-corrected chi connectivity index (χ1v) is 9.93. The SMILES string of the molecule is NC(CO)(CO)CO.O=C(O)CCn1c(=O)oc2cc(OCc3ccccc3)c(Cl)cc21. The van der Waals surface area contributed by atoms with Gasteiger partial charge in [0, 0.05) is 12.6 Å². The van der Waals surface area contributed by atoms with Crippen LogP contribution in [0.25, 0.3) is 11.1 Å². The highest BCUT2D eigenvalue weighted by Crippen LogP contribution is 2.30. The lowest BCUT2D eigenvalue weighted by molar-refractivity contribution is -0.137. The normalized spacial score (nSPS) is 11.2. The Kier molecular flexibility index (Phi) is 9.24. The number of carbonyl (C=O) groups is 1. The molecule has 0 unspecified atom stereocenters. The predicted octanol–water partition coefficient (Wildman–Crippen LogP) is 0.962. The van der Waals surface area contributed by atoms with Crippen molar-refractivity contribution >= 4 is 28.7 Å². The third-order valence-electron chi connectivity index (χ3n) is 4.45. The Morgan fingerprint density at radius 1 is 1.12 bits per heavy atom. The van der Waals surface area contributed by atoms with E-state index in [1.54, 1.807) is 12.1 Å². The summed E-state index contributed by atoms with van der Waals surface area (Å²) in [5, 5.41) is 34.1. The lowest BCUT2D eigenvalue weighted by atomic mass is 10.1. The molecule has 6 N–H and O–H groups in total. The van der Waals surface area contributed by atoms with Gasteiger partial charge in [0.1, 0.15) is 12.4 Å². The van der Waals surface area contributed by atoms with E-state index >= 15 is 0 Å². The molecule has 0 fully saturated rings. The Morgan fingerprint density at radius 3 is 2.28 bits per heavy atom. The lowest BCUT2D eigenvalue weighted by Gasteiger charge is -2.20. The Bertz CT molecular complexity index is 1070. The van der Waals surface area contributed by atoms with Gasteiger partial charge in [0.15, 0.2) is 5.58 Å². The number of aliphatic carboxylic acids is 1. The highest BCUT2D eigenvalue weighted by Gasteiger charge is 2.20. The number of rotatable bonds is 9. The quantitative estimate of drug-likeness (QED) is 0.307. The fourth-order valence-electron chi connectivity index (χ4n) is 2.48. The number of aryl methyl sites for hydroxylation is 1. The van der Waals surface area contributed by atoms with E-state index in [9.17, 15) is 9.59 Å². The molecule has 10 nitrogen and oxygen atoms in total. The van der Waals surface area contributed by atoms with Crippen LogP contribution in [0, 0.1) is 0 Å². The molecular formula is C21H25ClN2O8. The van der Waals surface area contributed by atoms with Crippen molar-refractivity contribution in [1.29, 1.82) is 0 Å². The van der Waals surface area contributed by atoms with Crippen LogP contribution in [0.1, 0.15) is 12.0 Å². The summed E-state index contributed by atoms with van der Waals surface area (Å²) in [4.78, 5) is 22.6. The van der Waals surface area contributed by atoms with Crippen molar-refractivity contribution in [2.75, 3.05) is 19.8 Å². The van der Waals surface area contributed by atoms with Crippen LogP contribution in [-0.4, -0.2) is 56.3 Å². The number of ether oxygens (including phenoxy) is 1. The van der Waals surface area contributed by atoms with Crippen molar-refractivity contribution in [3.63, 3.8) is 0 Å². The van der Waals surface area contributed by atoms with Crippen molar-refractivity contribution in [2.45, 2.75) is 25.1 Å². The van der Waals surface area contributed by atoms with E-state index in [0.717, 1.165) is 5.56 Å². The fourth-order valence-corrected chi connectivity index (χ4v) is 2.69. The molecule has 0 saturated heterocycles. The molecule has 0 bridgehead atoms. The molecule has 1 heterocycles. The molecule has 3 rings (SSSR count). The monoisotopic (exact) mass is 468 g/mol. The van der Waals surface area contributed by atoms with Crippen molar-refractivity contribution in [3.05, 3.63) is 63.6 Å². The van der Waals surface area contributed by atoms with Gasteiger partial charge in [-0.15, -0.1) is 0 Å². The Labute approximate surface area is 188 Å². The van der Waals surface area contributed by atoms with Crippen LogP contribution in [-0.2, 0) is 17.9 Å². The second kappa shape index (κ2) is 11.7. The predicted molar refractivity (Wildman–Crippen MR) is 117 cm³/mol. The third kappa shape index (κ3) is 6.81. The number of halogens is 1. The minimum absolute atomic E-state index is 0.0156. The molecule has 11 heteroatoms. The number of aromatic nitrogens is 1. The molecular weight excluding hydrogens is 444 g/mol. The molecule has 32 heavy (non-hydrogen) atoms. The summed E-state index contributed by atoms with van der Waals surface area (Å²) in [5.74, 6) is -1.22. The van der Waals surface area contributed by atoms with E-state index in [1.165, 1.54) is 4.57 Å². The Morgan fingerprint density at radius 2 is 1.75 bits per heavy atom. The van der Waals surface area contributed by atoms with Gasteiger partial charge < -0.3 is 35.3 Å². The summed E-state index contributed by atoms with van der Waals surface area (Å²) in [6.07, 6.45) is -0.182. The maximum atomic E-state index is 11.9. The van der Waals surface area contributed by atoms with Gasteiger partial charge in [-0.25, -0.2) is 4.79 Å². The van der Waals surface area contributed by atoms with Gasteiger partial charge in [-0.2, -0.15) is 0 Å². The zero-order chi connectivity index (χ0) is 23.7. The number of benzene rings is 2. The van der Waals surface area contributed by atoms with E-state index in [0.29, 0.717) is 28.5 Å². The van der Waals surface area contributed by atoms with Crippen LogP contribution >= 0.6 is 11.6 Å². The molecule has 0 aliphatic heterocycles. The number of aliphatic hydroxyl groups excluding tert-OH is 3. The van der Waals surface area contributed by atoms with Crippen molar-refractivity contribution < 1.29 is 34.4 Å². The zero-order valence-corrected chi connectivity index (χ0v) is 17.9. The molecule has 1 aromatic heterocycles. The van der Waals surface area contributed by atoms with Crippen molar-refractivity contribution in [2.24, 2.45) is 5.73 Å². The summed E-state index contributed by atoms with van der Waals surface area (Å²) in [6, 6.07) is 12.7. The molecule has 0 aliphatic carbocycles. The molecule has 3 aromatic rings. The number of nitrogens with zero attached hydrogens (tertiary/aromatic N) is 1. The molecule has 0 aliphatic rings. The average Bonchev–Trinajstić information content (AvgIpc) is 3.10. The van der Waals surface area contributed by atoms with Gasteiger partial charge in [0.05, 0.1) is 42.3 Å². The summed E-state index contributed by atoms with van der Waals surface area (Å²) in [7, 11) is 0. The van der Waals surface area contributed by atoms with Gasteiger partial charge in [0.2, 0.25) is 0 Å². The summed E-state index contributed by atoms with van der Waals surface area (Å²) in [5.41, 5.74) is 5.66. The molecule has 0 radical (unpaired) electrons. The topological polar surface area (TPSA) is 168 Å². The zero-order valence-electron chi connectivity index (χ0n) is 17.1. The highest BCUT2D eigenvalue weighted by molar-refractivity contribution is 6.32. The van der Waals surface area contributed by atoms with Gasteiger partial charge in [-0.1, -0.05) is 41.9 Å². The number of aliphatic hydroxyl groups is 3. The number of carboxylic acids is 1. The van der Waals surface area contributed by atoms with Crippen LogP contribution in [0.5, 0.6) is 5.75 Å². The highest BCUT2D eigenvalue weighted by atomic mass is 35.5. The molecule has 2 aromatic carbocycles. The maximum Gasteiger partial charge on any atom is 0.419 e. The lowest BCUT2D eigenvalue weighted by Crippen LogP contribution is -2.50. The van der Waals surface area contributed by atoms with E-state index in [1.807, 2.05) is 30.3 Å². The number of oxazole rings is 1. The second-order valence-electron chi connectivity index (χ2n) is 7.02. The Hall–Kier alpha value is -2.89. The van der Waals surface area contributed by atoms with Crippen molar-refractivity contribution in [1.82, 2.24) is 4.57 Å². The largest absolute Gasteiger partial charge is 0.487 e. The standard InChI is InChI=1S/C17H14ClNO5.C4H11NO3/c18-12-8-13-15(24-17(22)19(13)7-6-16(20)21)9-14(12)23-10-11-4-2-1-3-5-11;5-4(1-6,2-7)3-8/h1-5,8-9H,6-7,10H2,(H,20,21);6-8H,1-3,5H2. The molecule has 0 atom stereocenters. The smallest absolute Gasteiger partial charge is 0.419 e. The van der Waals surface area contributed by atoms with Gasteiger partial charge in [-0.05, 0) is 11.6 Å². The summed E-state index contributed by atoms with van der Waals surface area (Å²) in [6.45, 7) is -0.863. The number of nitrogens with two attached hydrogens (primary N) is 1. The van der Waals surface area contributed by atoms with Gasteiger partial charge >= 0.3 is 11.7 Å². The van der Waals surface area contributed by atoms with Gasteiger partial charge in [-0.3, -0.25) is 9.36 Å². The third-order valence-corrected chi connectivity index (χ3v) is 4.75. The first-order valence-electron chi connectivity index (χ1n) is 9.56.